The first kappa shape index (κ1) is 13.5. The van der Waals surface area contributed by atoms with E-state index in [0.29, 0.717) is 24.1 Å². The number of benzene rings is 1. The Hall–Kier alpha value is -2.90. The topological polar surface area (TPSA) is 97.3 Å². The standard InChI is InChI=1S/C12H14N6O2/c1-3-6-20-10-5-4-9(7-11(10)19-2)8-13-14-12-15-17-18-16-12/h3-5,7-8H,1,6H2,2H3,(H2,14,15,16,17,18)/b13-8-. The highest BCUT2D eigenvalue weighted by molar-refractivity contribution is 5.81. The Morgan fingerprint density at radius 1 is 1.45 bits per heavy atom. The normalized spacial score (nSPS) is 10.4. The summed E-state index contributed by atoms with van der Waals surface area (Å²) in [6.45, 7) is 4.02. The maximum Gasteiger partial charge on any atom is 0.283 e. The molecule has 2 rings (SSSR count). The van der Waals surface area contributed by atoms with Crippen molar-refractivity contribution in [2.24, 2.45) is 5.10 Å². The smallest absolute Gasteiger partial charge is 0.283 e. The van der Waals surface area contributed by atoms with E-state index in [-0.39, 0.29) is 0 Å². The monoisotopic (exact) mass is 274 g/mol. The van der Waals surface area contributed by atoms with Crippen LogP contribution in [0.4, 0.5) is 5.95 Å². The van der Waals surface area contributed by atoms with Crippen molar-refractivity contribution in [2.75, 3.05) is 19.1 Å². The zero-order valence-electron chi connectivity index (χ0n) is 10.9. The van der Waals surface area contributed by atoms with Gasteiger partial charge in [-0.25, -0.2) is 5.43 Å². The first-order chi connectivity index (χ1) is 9.83. The Bertz CT molecular complexity index is 582. The summed E-state index contributed by atoms with van der Waals surface area (Å²) in [5.41, 5.74) is 3.46. The highest BCUT2D eigenvalue weighted by Gasteiger charge is 2.04. The van der Waals surface area contributed by atoms with E-state index in [2.05, 4.69) is 37.7 Å². The van der Waals surface area contributed by atoms with Crippen LogP contribution in [0.2, 0.25) is 0 Å². The molecule has 1 heterocycles. The molecule has 8 heteroatoms. The van der Waals surface area contributed by atoms with E-state index >= 15 is 0 Å². The quantitative estimate of drug-likeness (QED) is 0.447. The van der Waals surface area contributed by atoms with Crippen LogP contribution in [0.5, 0.6) is 11.5 Å². The largest absolute Gasteiger partial charge is 0.493 e. The average molecular weight is 274 g/mol. The molecule has 2 aromatic rings. The molecule has 0 radical (unpaired) electrons. The molecular weight excluding hydrogens is 260 g/mol. The summed E-state index contributed by atoms with van der Waals surface area (Å²) in [5, 5.41) is 17.1. The molecule has 1 aromatic carbocycles. The average Bonchev–Trinajstić information content (AvgIpc) is 2.99. The van der Waals surface area contributed by atoms with E-state index in [0.717, 1.165) is 5.56 Å². The Balaban J connectivity index is 2.04. The Morgan fingerprint density at radius 3 is 3.05 bits per heavy atom. The number of anilines is 1. The van der Waals surface area contributed by atoms with Gasteiger partial charge in [0.05, 0.1) is 13.3 Å². The molecule has 8 nitrogen and oxygen atoms in total. The summed E-state index contributed by atoms with van der Waals surface area (Å²) >= 11 is 0. The molecule has 20 heavy (non-hydrogen) atoms. The molecule has 0 amide bonds. The van der Waals surface area contributed by atoms with Gasteiger partial charge in [0, 0.05) is 0 Å². The predicted molar refractivity (Wildman–Crippen MR) is 74.1 cm³/mol. The third-order valence-electron chi connectivity index (χ3n) is 2.27. The van der Waals surface area contributed by atoms with Crippen LogP contribution in [-0.2, 0) is 0 Å². The van der Waals surface area contributed by atoms with Gasteiger partial charge >= 0.3 is 0 Å². The number of H-pyrrole nitrogens is 1. The van der Waals surface area contributed by atoms with Gasteiger partial charge in [0.25, 0.3) is 5.95 Å². The molecule has 0 spiro atoms. The summed E-state index contributed by atoms with van der Waals surface area (Å²) in [5.74, 6) is 1.56. The number of rotatable bonds is 7. The van der Waals surface area contributed by atoms with Crippen LogP contribution in [0.1, 0.15) is 5.56 Å². The lowest BCUT2D eigenvalue weighted by Gasteiger charge is -2.09. The summed E-state index contributed by atoms with van der Waals surface area (Å²) in [6, 6.07) is 5.46. The van der Waals surface area contributed by atoms with Crippen molar-refractivity contribution in [1.29, 1.82) is 0 Å². The minimum Gasteiger partial charge on any atom is -0.493 e. The summed E-state index contributed by atoms with van der Waals surface area (Å²) in [6.07, 6.45) is 3.28. The van der Waals surface area contributed by atoms with Gasteiger partial charge in [-0.2, -0.15) is 10.3 Å². The second kappa shape index (κ2) is 6.88. The lowest BCUT2D eigenvalue weighted by molar-refractivity contribution is 0.326. The lowest BCUT2D eigenvalue weighted by atomic mass is 10.2. The molecule has 0 bridgehead atoms. The molecule has 0 aliphatic heterocycles. The lowest BCUT2D eigenvalue weighted by Crippen LogP contribution is -1.97. The van der Waals surface area contributed by atoms with Crippen molar-refractivity contribution in [3.05, 3.63) is 36.4 Å². The van der Waals surface area contributed by atoms with E-state index in [9.17, 15) is 0 Å². The van der Waals surface area contributed by atoms with Crippen molar-refractivity contribution in [2.45, 2.75) is 0 Å². The molecular formula is C12H14N6O2. The third kappa shape index (κ3) is 3.55. The highest BCUT2D eigenvalue weighted by atomic mass is 16.5. The minimum atomic E-state index is 0.291. The molecule has 0 saturated heterocycles. The van der Waals surface area contributed by atoms with Gasteiger partial charge in [0.15, 0.2) is 11.5 Å². The van der Waals surface area contributed by atoms with E-state index < -0.39 is 0 Å². The Labute approximate surface area is 115 Å². The van der Waals surface area contributed by atoms with Crippen LogP contribution in [0.25, 0.3) is 0 Å². The van der Waals surface area contributed by atoms with E-state index in [4.69, 9.17) is 9.47 Å². The van der Waals surface area contributed by atoms with Gasteiger partial charge < -0.3 is 9.47 Å². The van der Waals surface area contributed by atoms with Crippen LogP contribution in [-0.4, -0.2) is 40.6 Å². The fourth-order valence-corrected chi connectivity index (χ4v) is 1.41. The van der Waals surface area contributed by atoms with E-state index in [1.807, 2.05) is 6.07 Å². The summed E-state index contributed by atoms with van der Waals surface area (Å²) in [7, 11) is 1.58. The number of hydrogen-bond acceptors (Lipinski definition) is 7. The number of nitrogens with one attached hydrogen (secondary N) is 2. The van der Waals surface area contributed by atoms with Gasteiger partial charge in [-0.3, -0.25) is 0 Å². The van der Waals surface area contributed by atoms with Crippen LogP contribution in [0, 0.1) is 0 Å². The zero-order chi connectivity index (χ0) is 14.2. The van der Waals surface area contributed by atoms with Crippen LogP contribution in [0.15, 0.2) is 36.0 Å². The Kier molecular flexibility index (Phi) is 4.65. The van der Waals surface area contributed by atoms with Crippen molar-refractivity contribution < 1.29 is 9.47 Å². The number of tetrazole rings is 1. The summed E-state index contributed by atoms with van der Waals surface area (Å²) in [4.78, 5) is 0. The van der Waals surface area contributed by atoms with Crippen molar-refractivity contribution >= 4 is 12.2 Å². The number of hydrogen-bond donors (Lipinski definition) is 2. The molecule has 1 aromatic heterocycles. The van der Waals surface area contributed by atoms with Gasteiger partial charge in [-0.05, 0) is 29.0 Å². The molecule has 0 saturated carbocycles. The predicted octanol–water partition coefficient (Wildman–Crippen LogP) is 1.22. The second-order valence-electron chi connectivity index (χ2n) is 3.62. The van der Waals surface area contributed by atoms with Crippen molar-refractivity contribution in [3.8, 4) is 11.5 Å². The molecule has 104 valence electrons. The maximum absolute atomic E-state index is 5.46. The molecule has 0 aliphatic carbocycles. The number of aromatic amines is 1. The number of aromatic nitrogens is 4. The van der Waals surface area contributed by atoms with Crippen LogP contribution in [0.3, 0.4) is 0 Å². The summed E-state index contributed by atoms with van der Waals surface area (Å²) < 4.78 is 10.7. The number of ether oxygens (including phenoxy) is 2. The molecule has 0 unspecified atom stereocenters. The fourth-order valence-electron chi connectivity index (χ4n) is 1.41. The second-order valence-corrected chi connectivity index (χ2v) is 3.62. The number of nitrogens with zero attached hydrogens (tertiary/aromatic N) is 4. The van der Waals surface area contributed by atoms with Crippen molar-refractivity contribution in [3.63, 3.8) is 0 Å². The van der Waals surface area contributed by atoms with Crippen LogP contribution < -0.4 is 14.9 Å². The molecule has 0 aliphatic rings. The SMILES string of the molecule is C=CCOc1ccc(/C=N\Nc2nn[nH]n2)cc1OC. The molecule has 2 N–H and O–H groups in total. The van der Waals surface area contributed by atoms with Gasteiger partial charge in [0.2, 0.25) is 0 Å². The number of hydrazone groups is 1. The first-order valence-electron chi connectivity index (χ1n) is 5.77. The zero-order valence-corrected chi connectivity index (χ0v) is 10.9. The van der Waals surface area contributed by atoms with E-state index in [1.54, 1.807) is 31.5 Å². The minimum absolute atomic E-state index is 0.291. The molecule has 0 fully saturated rings. The number of methoxy groups -OCH3 is 1. The highest BCUT2D eigenvalue weighted by Crippen LogP contribution is 2.27. The Morgan fingerprint density at radius 2 is 2.35 bits per heavy atom. The molecule has 0 atom stereocenters. The van der Waals surface area contributed by atoms with Crippen LogP contribution >= 0.6 is 0 Å². The van der Waals surface area contributed by atoms with Gasteiger partial charge in [-0.1, -0.05) is 17.8 Å². The van der Waals surface area contributed by atoms with E-state index in [1.165, 1.54) is 0 Å². The fraction of sp³-hybridized carbons (Fsp3) is 0.167. The maximum atomic E-state index is 5.46. The first-order valence-corrected chi connectivity index (χ1v) is 5.77. The third-order valence-corrected chi connectivity index (χ3v) is 2.27. The van der Waals surface area contributed by atoms with Crippen molar-refractivity contribution in [1.82, 2.24) is 20.6 Å². The van der Waals surface area contributed by atoms with Gasteiger partial charge in [0.1, 0.15) is 6.61 Å². The van der Waals surface area contributed by atoms with Gasteiger partial charge in [-0.15, -0.1) is 5.10 Å².